The number of aliphatic carboxylic acids is 1. The minimum absolute atomic E-state index is 0.00844. The number of unbranched alkanes of at least 4 members (excludes halogenated alkanes) is 14. The van der Waals surface area contributed by atoms with Gasteiger partial charge in [-0.2, -0.15) is 0 Å². The van der Waals surface area contributed by atoms with Gasteiger partial charge >= 0.3 is 11.9 Å². The average Bonchev–Trinajstić information content (AvgIpc) is 3.02. The first-order chi connectivity index (χ1) is 22.1. The minimum atomic E-state index is -0.730. The average molecular weight is 627 g/mol. The highest BCUT2D eigenvalue weighted by molar-refractivity contribution is 5.69. The Labute approximate surface area is 278 Å². The van der Waals surface area contributed by atoms with Gasteiger partial charge in [0.2, 0.25) is 0 Å². The van der Waals surface area contributed by atoms with Crippen LogP contribution in [0.15, 0.2) is 60.8 Å². The van der Waals surface area contributed by atoms with Crippen LogP contribution in [-0.4, -0.2) is 23.1 Å². The normalized spacial score (nSPS) is 12.9. The maximum absolute atomic E-state index is 12.5. The first-order valence-electron chi connectivity index (χ1n) is 18.8. The SMILES string of the molecule is CC/C=C\C/C=C\C/C=C\C/C=C\C/C=C\CCCCCCCC(=O)OC(CCCCCCCCCC)CCCCCC(=O)O. The lowest BCUT2D eigenvalue weighted by Gasteiger charge is -2.18. The van der Waals surface area contributed by atoms with Crippen LogP contribution in [-0.2, 0) is 14.3 Å². The van der Waals surface area contributed by atoms with Crippen LogP contribution < -0.4 is 0 Å². The summed E-state index contributed by atoms with van der Waals surface area (Å²) in [4.78, 5) is 23.3. The summed E-state index contributed by atoms with van der Waals surface area (Å²) in [6.07, 6.45) is 49.5. The fraction of sp³-hybridized carbons (Fsp3) is 0.707. The van der Waals surface area contributed by atoms with E-state index in [0.29, 0.717) is 12.8 Å². The Bertz CT molecular complexity index is 804. The molecule has 0 rings (SSSR count). The van der Waals surface area contributed by atoms with Crippen LogP contribution >= 0.6 is 0 Å². The van der Waals surface area contributed by atoms with Gasteiger partial charge in [0.1, 0.15) is 6.10 Å². The number of esters is 1. The summed E-state index contributed by atoms with van der Waals surface area (Å²) in [5, 5.41) is 8.86. The summed E-state index contributed by atoms with van der Waals surface area (Å²) >= 11 is 0. The molecule has 4 nitrogen and oxygen atoms in total. The monoisotopic (exact) mass is 627 g/mol. The lowest BCUT2D eigenvalue weighted by atomic mass is 10.0. The van der Waals surface area contributed by atoms with Crippen LogP contribution in [0, 0.1) is 0 Å². The van der Waals surface area contributed by atoms with Crippen LogP contribution in [0.25, 0.3) is 0 Å². The molecule has 0 fully saturated rings. The summed E-state index contributed by atoms with van der Waals surface area (Å²) in [6, 6.07) is 0. The molecule has 0 aliphatic rings. The first kappa shape index (κ1) is 42.6. The molecule has 0 spiro atoms. The lowest BCUT2D eigenvalue weighted by Crippen LogP contribution is -2.18. The van der Waals surface area contributed by atoms with E-state index in [1.165, 1.54) is 64.2 Å². The second-order valence-corrected chi connectivity index (χ2v) is 12.4. The van der Waals surface area contributed by atoms with E-state index in [-0.39, 0.29) is 18.5 Å². The van der Waals surface area contributed by atoms with Crippen molar-refractivity contribution in [2.45, 2.75) is 187 Å². The predicted molar refractivity (Wildman–Crippen MR) is 195 cm³/mol. The van der Waals surface area contributed by atoms with E-state index < -0.39 is 5.97 Å². The third kappa shape index (κ3) is 36.0. The Morgan fingerprint density at radius 3 is 1.47 bits per heavy atom. The summed E-state index contributed by atoms with van der Waals surface area (Å²) in [5.41, 5.74) is 0. The quantitative estimate of drug-likeness (QED) is 0.0447. The van der Waals surface area contributed by atoms with Crippen molar-refractivity contribution in [3.05, 3.63) is 60.8 Å². The Morgan fingerprint density at radius 1 is 0.511 bits per heavy atom. The number of carboxylic acid groups (broad SMARTS) is 1. The zero-order chi connectivity index (χ0) is 32.9. The van der Waals surface area contributed by atoms with Gasteiger partial charge in [0, 0.05) is 12.8 Å². The highest BCUT2D eigenvalue weighted by atomic mass is 16.5. The zero-order valence-corrected chi connectivity index (χ0v) is 29.4. The van der Waals surface area contributed by atoms with Gasteiger partial charge in [-0.15, -0.1) is 0 Å². The molecule has 0 aromatic rings. The predicted octanol–water partition coefficient (Wildman–Crippen LogP) is 12.9. The van der Waals surface area contributed by atoms with Crippen molar-refractivity contribution in [2.75, 3.05) is 0 Å². The van der Waals surface area contributed by atoms with Crippen molar-refractivity contribution in [1.82, 2.24) is 0 Å². The number of hydrogen-bond acceptors (Lipinski definition) is 3. The summed E-state index contributed by atoms with van der Waals surface area (Å²) < 4.78 is 5.90. The molecule has 0 aliphatic heterocycles. The maximum Gasteiger partial charge on any atom is 0.306 e. The fourth-order valence-electron chi connectivity index (χ4n) is 5.27. The number of allylic oxidation sites excluding steroid dienone is 10. The van der Waals surface area contributed by atoms with Crippen LogP contribution in [0.1, 0.15) is 181 Å². The smallest absolute Gasteiger partial charge is 0.306 e. The van der Waals surface area contributed by atoms with Crippen LogP contribution in [0.5, 0.6) is 0 Å². The zero-order valence-electron chi connectivity index (χ0n) is 29.4. The number of ether oxygens (including phenoxy) is 1. The number of hydrogen-bond donors (Lipinski definition) is 1. The molecule has 0 aromatic heterocycles. The Hall–Kier alpha value is -2.36. The van der Waals surface area contributed by atoms with Crippen molar-refractivity contribution in [3.8, 4) is 0 Å². The molecule has 0 amide bonds. The van der Waals surface area contributed by atoms with Crippen molar-refractivity contribution in [1.29, 1.82) is 0 Å². The van der Waals surface area contributed by atoms with Gasteiger partial charge in [0.05, 0.1) is 0 Å². The molecule has 4 heteroatoms. The van der Waals surface area contributed by atoms with Gasteiger partial charge in [-0.05, 0) is 83.5 Å². The van der Waals surface area contributed by atoms with Crippen LogP contribution in [0.3, 0.4) is 0 Å². The van der Waals surface area contributed by atoms with Gasteiger partial charge in [-0.1, -0.05) is 145 Å². The topological polar surface area (TPSA) is 63.6 Å². The molecule has 45 heavy (non-hydrogen) atoms. The highest BCUT2D eigenvalue weighted by Gasteiger charge is 2.14. The molecule has 0 saturated heterocycles. The van der Waals surface area contributed by atoms with Gasteiger partial charge in [0.15, 0.2) is 0 Å². The Kier molecular flexibility index (Phi) is 34.2. The van der Waals surface area contributed by atoms with Gasteiger partial charge in [0.25, 0.3) is 0 Å². The van der Waals surface area contributed by atoms with E-state index in [1.54, 1.807) is 0 Å². The molecular formula is C41H70O4. The number of carbonyl (C=O) groups is 2. The van der Waals surface area contributed by atoms with E-state index in [1.807, 2.05) is 0 Å². The molecule has 0 bridgehead atoms. The summed E-state index contributed by atoms with van der Waals surface area (Å²) in [7, 11) is 0. The molecular weight excluding hydrogens is 556 g/mol. The van der Waals surface area contributed by atoms with E-state index in [0.717, 1.165) is 83.5 Å². The Morgan fingerprint density at radius 2 is 0.933 bits per heavy atom. The molecule has 0 heterocycles. The van der Waals surface area contributed by atoms with Gasteiger partial charge in [-0.3, -0.25) is 9.59 Å². The molecule has 258 valence electrons. The largest absolute Gasteiger partial charge is 0.481 e. The molecule has 1 atom stereocenters. The fourth-order valence-corrected chi connectivity index (χ4v) is 5.27. The molecule has 0 aromatic carbocycles. The molecule has 1 unspecified atom stereocenters. The van der Waals surface area contributed by atoms with E-state index in [4.69, 9.17) is 9.84 Å². The van der Waals surface area contributed by atoms with Crippen molar-refractivity contribution in [3.63, 3.8) is 0 Å². The Balaban J connectivity index is 3.93. The third-order valence-corrected chi connectivity index (χ3v) is 8.00. The summed E-state index contributed by atoms with van der Waals surface area (Å²) in [5.74, 6) is -0.782. The molecule has 0 aliphatic carbocycles. The van der Waals surface area contributed by atoms with E-state index in [9.17, 15) is 9.59 Å². The maximum atomic E-state index is 12.5. The van der Waals surface area contributed by atoms with Crippen LogP contribution in [0.4, 0.5) is 0 Å². The highest BCUT2D eigenvalue weighted by Crippen LogP contribution is 2.18. The van der Waals surface area contributed by atoms with Crippen molar-refractivity contribution < 1.29 is 19.4 Å². The standard InChI is InChI=1S/C41H70O4/c1-3-5-7-9-11-13-14-15-16-17-18-19-20-21-22-23-24-25-27-29-34-38-41(44)45-39(36-32-30-33-37-40(42)43)35-31-28-26-12-10-8-6-4-2/h5,7,11,13,15-16,18-19,21-22,39H,3-4,6,8-10,12,14,17,20,23-38H2,1-2H3,(H,42,43)/b7-5-,13-11-,16-15-,19-18-,22-21-. The van der Waals surface area contributed by atoms with Gasteiger partial charge in [-0.25, -0.2) is 0 Å². The van der Waals surface area contributed by atoms with E-state index in [2.05, 4.69) is 74.6 Å². The molecule has 0 radical (unpaired) electrons. The van der Waals surface area contributed by atoms with Gasteiger partial charge < -0.3 is 9.84 Å². The number of rotatable bonds is 33. The third-order valence-electron chi connectivity index (χ3n) is 8.00. The lowest BCUT2D eigenvalue weighted by molar-refractivity contribution is -0.150. The molecule has 0 saturated carbocycles. The van der Waals surface area contributed by atoms with E-state index >= 15 is 0 Å². The van der Waals surface area contributed by atoms with Crippen molar-refractivity contribution >= 4 is 11.9 Å². The van der Waals surface area contributed by atoms with Crippen LogP contribution in [0.2, 0.25) is 0 Å². The number of carbonyl (C=O) groups excluding carboxylic acids is 1. The minimum Gasteiger partial charge on any atom is -0.481 e. The summed E-state index contributed by atoms with van der Waals surface area (Å²) in [6.45, 7) is 4.41. The van der Waals surface area contributed by atoms with Crippen molar-refractivity contribution in [2.24, 2.45) is 0 Å². The molecule has 1 N–H and O–H groups in total. The first-order valence-corrected chi connectivity index (χ1v) is 18.8. The number of carboxylic acids is 1. The second kappa shape index (κ2) is 36.1. The second-order valence-electron chi connectivity index (χ2n) is 12.4.